The molecule has 2 atom stereocenters. The standard InChI is InChI=1S/C36H36FN9O4S/c37-29-14-10-25(11-15-29)24-51-21-18-40-44-35(48)36(22-27-6-1-2-7-28(27)23-41-45-38)33(31-8-3-4-9-32(31)43-46-39)50-34(42-36)26-12-16-30(17-13-26)49-20-5-19-47/h1-4,6-17,33,40,47H,5,18-24H2,(H,44,48)/t33-,36-/m0/s1. The molecule has 1 amide bonds. The van der Waals surface area contributed by atoms with E-state index in [2.05, 4.69) is 30.9 Å². The van der Waals surface area contributed by atoms with Crippen molar-refractivity contribution in [3.8, 4) is 5.75 Å². The van der Waals surface area contributed by atoms with Gasteiger partial charge in [-0.3, -0.25) is 10.2 Å². The molecule has 0 aromatic heterocycles. The van der Waals surface area contributed by atoms with E-state index in [1.807, 2.05) is 24.3 Å². The van der Waals surface area contributed by atoms with Gasteiger partial charge in [-0.1, -0.05) is 70.9 Å². The first-order valence-corrected chi connectivity index (χ1v) is 17.3. The molecule has 0 radical (unpaired) electrons. The van der Waals surface area contributed by atoms with Gasteiger partial charge in [0.15, 0.2) is 11.6 Å². The molecule has 0 aliphatic carbocycles. The summed E-state index contributed by atoms with van der Waals surface area (Å²) in [5.74, 6) is 1.31. The van der Waals surface area contributed by atoms with Crippen molar-refractivity contribution in [3.05, 3.63) is 152 Å². The Hall–Kier alpha value is -5.56. The van der Waals surface area contributed by atoms with Crippen LogP contribution >= 0.6 is 11.8 Å². The minimum atomic E-state index is -1.63. The third kappa shape index (κ3) is 9.57. The van der Waals surface area contributed by atoms with Crippen LogP contribution in [0.25, 0.3) is 20.9 Å². The zero-order valence-corrected chi connectivity index (χ0v) is 28.4. The number of hydrogen-bond acceptors (Lipinski definition) is 9. The second kappa shape index (κ2) is 18.4. The number of nitrogens with zero attached hydrogens (tertiary/aromatic N) is 7. The van der Waals surface area contributed by atoms with Crippen LogP contribution in [-0.4, -0.2) is 48.0 Å². The number of aliphatic hydroxyl groups is 1. The molecule has 15 heteroatoms. The van der Waals surface area contributed by atoms with Gasteiger partial charge in [0.05, 0.1) is 13.2 Å². The lowest BCUT2D eigenvalue weighted by molar-refractivity contribution is -0.130. The van der Waals surface area contributed by atoms with E-state index < -0.39 is 17.6 Å². The van der Waals surface area contributed by atoms with Crippen LogP contribution in [0.3, 0.4) is 0 Å². The normalized spacial score (nSPS) is 16.3. The van der Waals surface area contributed by atoms with Gasteiger partial charge in [0.1, 0.15) is 11.6 Å². The maximum atomic E-state index is 14.6. The molecule has 13 nitrogen and oxygen atoms in total. The number of thioether (sulfide) groups is 1. The maximum absolute atomic E-state index is 14.6. The van der Waals surface area contributed by atoms with Gasteiger partial charge in [0.2, 0.25) is 5.90 Å². The fourth-order valence-electron chi connectivity index (χ4n) is 5.53. The quantitative estimate of drug-likeness (QED) is 0.0317. The third-order valence-electron chi connectivity index (χ3n) is 8.04. The summed E-state index contributed by atoms with van der Waals surface area (Å²) in [5.41, 5.74) is 26.4. The SMILES string of the molecule is [N-]=[N+]=NCc1ccccc1C[C@]1(C(=O)NNCCSCc2ccc(F)cc2)N=C(c2ccc(OCCCO)cc2)O[C@H]1c1ccccc1N=[N+]=[N-]. The molecule has 262 valence electrons. The maximum Gasteiger partial charge on any atom is 0.266 e. The number of rotatable bonds is 18. The van der Waals surface area contributed by atoms with Crippen molar-refractivity contribution < 1.29 is 23.8 Å². The molecule has 4 aromatic rings. The van der Waals surface area contributed by atoms with Gasteiger partial charge >= 0.3 is 0 Å². The Kier molecular flexibility index (Phi) is 13.3. The summed E-state index contributed by atoms with van der Waals surface area (Å²) in [4.78, 5) is 25.5. The number of hydrogen-bond donors (Lipinski definition) is 3. The predicted molar refractivity (Wildman–Crippen MR) is 194 cm³/mol. The summed E-state index contributed by atoms with van der Waals surface area (Å²) >= 11 is 1.62. The van der Waals surface area contributed by atoms with Crippen molar-refractivity contribution in [2.75, 3.05) is 25.5 Å². The summed E-state index contributed by atoms with van der Waals surface area (Å²) in [6.45, 7) is 0.836. The Bertz CT molecular complexity index is 1920. The first-order chi connectivity index (χ1) is 25.0. The van der Waals surface area contributed by atoms with Crippen LogP contribution in [0.15, 0.2) is 112 Å². The number of aliphatic hydroxyl groups excluding tert-OH is 1. The first kappa shape index (κ1) is 36.7. The van der Waals surface area contributed by atoms with E-state index in [9.17, 15) is 14.7 Å². The number of carbonyl (C=O) groups is 1. The monoisotopic (exact) mass is 709 g/mol. The molecule has 5 rings (SSSR count). The van der Waals surface area contributed by atoms with Crippen LogP contribution in [0.1, 0.15) is 40.3 Å². The van der Waals surface area contributed by atoms with Gasteiger partial charge in [0.25, 0.3) is 5.91 Å². The highest BCUT2D eigenvalue weighted by molar-refractivity contribution is 7.98. The number of ether oxygens (including phenoxy) is 2. The molecule has 0 saturated carbocycles. The lowest BCUT2D eigenvalue weighted by Gasteiger charge is -2.32. The van der Waals surface area contributed by atoms with E-state index >= 15 is 0 Å². The van der Waals surface area contributed by atoms with E-state index in [1.54, 1.807) is 72.4 Å². The molecule has 0 fully saturated rings. The molecule has 0 saturated heterocycles. The predicted octanol–water partition coefficient (Wildman–Crippen LogP) is 7.39. The van der Waals surface area contributed by atoms with E-state index in [4.69, 9.17) is 25.1 Å². The molecule has 51 heavy (non-hydrogen) atoms. The number of halogens is 1. The van der Waals surface area contributed by atoms with Gasteiger partial charge in [-0.25, -0.2) is 14.8 Å². The Morgan fingerprint density at radius 3 is 2.49 bits per heavy atom. The Morgan fingerprint density at radius 2 is 1.75 bits per heavy atom. The van der Waals surface area contributed by atoms with Crippen LogP contribution in [0, 0.1) is 5.82 Å². The number of aliphatic imine (C=N–C) groups is 1. The Morgan fingerprint density at radius 1 is 1.00 bits per heavy atom. The molecule has 1 aliphatic rings. The molecule has 3 N–H and O–H groups in total. The van der Waals surface area contributed by atoms with Crippen molar-refractivity contribution >= 4 is 29.3 Å². The number of hydrazine groups is 1. The van der Waals surface area contributed by atoms with Crippen molar-refractivity contribution in [1.29, 1.82) is 0 Å². The van der Waals surface area contributed by atoms with E-state index in [0.29, 0.717) is 59.1 Å². The minimum Gasteiger partial charge on any atom is -0.494 e. The third-order valence-corrected chi connectivity index (χ3v) is 9.07. The molecule has 4 aromatic carbocycles. The van der Waals surface area contributed by atoms with Crippen molar-refractivity contribution in [2.45, 2.75) is 36.8 Å². The summed E-state index contributed by atoms with van der Waals surface area (Å²) < 4.78 is 25.6. The van der Waals surface area contributed by atoms with Gasteiger partial charge in [-0.2, -0.15) is 11.8 Å². The molecule has 1 heterocycles. The van der Waals surface area contributed by atoms with E-state index in [-0.39, 0.29) is 37.0 Å². The zero-order chi connectivity index (χ0) is 35.9. The largest absolute Gasteiger partial charge is 0.494 e. The number of amides is 1. The molecular formula is C36H36FN9O4S. The van der Waals surface area contributed by atoms with Crippen LogP contribution in [-0.2, 0) is 28.2 Å². The number of azide groups is 2. The molecule has 0 unspecified atom stereocenters. The van der Waals surface area contributed by atoms with Crippen LogP contribution in [0.2, 0.25) is 0 Å². The zero-order valence-electron chi connectivity index (χ0n) is 27.6. The second-order valence-corrected chi connectivity index (χ2v) is 12.5. The van der Waals surface area contributed by atoms with Gasteiger partial charge < -0.3 is 14.6 Å². The molecule has 0 bridgehead atoms. The fourth-order valence-corrected chi connectivity index (χ4v) is 6.35. The van der Waals surface area contributed by atoms with Crippen LogP contribution < -0.4 is 15.6 Å². The van der Waals surface area contributed by atoms with Gasteiger partial charge in [-0.05, 0) is 64.2 Å². The van der Waals surface area contributed by atoms with Gasteiger partial charge in [0, 0.05) is 64.1 Å². The molecular weight excluding hydrogens is 674 g/mol. The smallest absolute Gasteiger partial charge is 0.266 e. The van der Waals surface area contributed by atoms with E-state index in [0.717, 1.165) is 5.56 Å². The summed E-state index contributed by atoms with van der Waals surface area (Å²) in [6.07, 6.45) is -0.515. The van der Waals surface area contributed by atoms with Gasteiger partial charge in [-0.15, -0.1) is 0 Å². The highest BCUT2D eigenvalue weighted by Crippen LogP contribution is 2.45. The number of carbonyl (C=O) groups excluding carboxylic acids is 1. The van der Waals surface area contributed by atoms with Crippen molar-refractivity contribution in [2.24, 2.45) is 15.2 Å². The molecule has 0 spiro atoms. The topological polar surface area (TPSA) is 190 Å². The highest BCUT2D eigenvalue weighted by Gasteiger charge is 2.54. The lowest BCUT2D eigenvalue weighted by Crippen LogP contribution is -2.54. The average Bonchev–Trinajstić information content (AvgIpc) is 3.54. The summed E-state index contributed by atoms with van der Waals surface area (Å²) in [5, 5.41) is 16.8. The summed E-state index contributed by atoms with van der Waals surface area (Å²) in [7, 11) is 0. The Labute approximate surface area is 298 Å². The van der Waals surface area contributed by atoms with Crippen molar-refractivity contribution in [3.63, 3.8) is 0 Å². The number of benzene rings is 4. The second-order valence-electron chi connectivity index (χ2n) is 11.4. The molecule has 1 aliphatic heterocycles. The lowest BCUT2D eigenvalue weighted by atomic mass is 9.80. The first-order valence-electron chi connectivity index (χ1n) is 16.1. The van der Waals surface area contributed by atoms with Crippen LogP contribution in [0.4, 0.5) is 10.1 Å². The fraction of sp³-hybridized carbons (Fsp3) is 0.278. The number of nitrogens with one attached hydrogen (secondary N) is 2. The van der Waals surface area contributed by atoms with Crippen LogP contribution in [0.5, 0.6) is 5.75 Å². The summed E-state index contributed by atoms with van der Waals surface area (Å²) in [6, 6.07) is 27.6. The Balaban J connectivity index is 1.49. The van der Waals surface area contributed by atoms with Crippen molar-refractivity contribution in [1.82, 2.24) is 10.9 Å². The highest BCUT2D eigenvalue weighted by atomic mass is 32.2. The van der Waals surface area contributed by atoms with E-state index in [1.165, 1.54) is 12.1 Å². The average molecular weight is 710 g/mol. The minimum absolute atomic E-state index is 0.0151.